The highest BCUT2D eigenvalue weighted by Gasteiger charge is 2.38. The molecule has 2 heterocycles. The van der Waals surface area contributed by atoms with E-state index in [0.29, 0.717) is 25.9 Å². The Morgan fingerprint density at radius 3 is 2.29 bits per heavy atom. The predicted octanol–water partition coefficient (Wildman–Crippen LogP) is 5.65. The molecule has 2 saturated heterocycles. The zero-order chi connectivity index (χ0) is 43.7. The Morgan fingerprint density at radius 2 is 1.64 bits per heavy atom. The van der Waals surface area contributed by atoms with Crippen LogP contribution in [0.1, 0.15) is 78.7 Å². The topological polar surface area (TPSA) is 157 Å². The summed E-state index contributed by atoms with van der Waals surface area (Å²) in [6.45, 7) is 10.7. The van der Waals surface area contributed by atoms with E-state index in [1.807, 2.05) is 26.0 Å². The quantitative estimate of drug-likeness (QED) is 0.0300. The van der Waals surface area contributed by atoms with Crippen molar-refractivity contribution in [2.24, 2.45) is 5.92 Å². The van der Waals surface area contributed by atoms with Gasteiger partial charge >= 0.3 is 11.9 Å². The van der Waals surface area contributed by atoms with E-state index < -0.39 is 64.6 Å². The van der Waals surface area contributed by atoms with Crippen LogP contribution in [0.2, 0.25) is 0 Å². The smallest absolute Gasteiger partial charge is 0.313 e. The molecule has 1 aromatic carbocycles. The highest BCUT2D eigenvalue weighted by Crippen LogP contribution is 2.34. The number of allylic oxidation sites excluding steroid dienone is 2. The third-order valence-electron chi connectivity index (χ3n) is 9.88. The van der Waals surface area contributed by atoms with Gasteiger partial charge in [-0.2, -0.15) is 8.78 Å². The van der Waals surface area contributed by atoms with Crippen LogP contribution in [0.4, 0.5) is 17.6 Å². The Hall–Kier alpha value is -4.16. The first-order chi connectivity index (χ1) is 27.9. The fourth-order valence-electron chi connectivity index (χ4n) is 6.61. The molecule has 2 N–H and O–H groups in total. The molecule has 1 aromatic rings. The lowest BCUT2D eigenvalue weighted by molar-refractivity contribution is -0.147. The summed E-state index contributed by atoms with van der Waals surface area (Å²) in [5, 5.41) is 5.75. The molecule has 59 heavy (non-hydrogen) atoms. The largest absolute Gasteiger partial charge is 0.459 e. The normalized spacial score (nSPS) is 24.3. The maximum absolute atomic E-state index is 13.9. The zero-order valence-electron chi connectivity index (χ0n) is 34.8. The third-order valence-corrected chi connectivity index (χ3v) is 9.88. The van der Waals surface area contributed by atoms with Crippen LogP contribution in [-0.4, -0.2) is 107 Å². The number of amides is 2. The van der Waals surface area contributed by atoms with Gasteiger partial charge in [0.25, 0.3) is 0 Å². The Morgan fingerprint density at radius 1 is 0.966 bits per heavy atom. The molecule has 7 atom stereocenters. The summed E-state index contributed by atoms with van der Waals surface area (Å²) in [7, 11) is 1.64. The lowest BCUT2D eigenvalue weighted by atomic mass is 9.87. The number of halogens is 4. The molecule has 3 rings (SSSR count). The van der Waals surface area contributed by atoms with Gasteiger partial charge < -0.3 is 43.8 Å². The highest BCUT2D eigenvalue weighted by atomic mass is 19.2. The number of methoxy groups -OCH3 is 1. The van der Waals surface area contributed by atoms with Crippen molar-refractivity contribution < 1.29 is 69.9 Å². The second kappa shape index (κ2) is 24.2. The first kappa shape index (κ1) is 49.2. The summed E-state index contributed by atoms with van der Waals surface area (Å²) >= 11 is 0. The number of hydrogen-bond acceptors (Lipinski definition) is 11. The summed E-state index contributed by atoms with van der Waals surface area (Å²) < 4.78 is 93.5. The fraction of sp³-hybridized carbons (Fsp3) is 0.619. The molecule has 6 unspecified atom stereocenters. The van der Waals surface area contributed by atoms with E-state index in [4.69, 9.17) is 28.4 Å². The van der Waals surface area contributed by atoms with Gasteiger partial charge in [-0.25, -0.2) is 8.78 Å². The van der Waals surface area contributed by atoms with E-state index in [1.54, 1.807) is 14.0 Å². The number of ether oxygens (including phenoxy) is 7. The number of carbonyl (C=O) groups is 4. The molecule has 2 aliphatic heterocycles. The van der Waals surface area contributed by atoms with Gasteiger partial charge in [0, 0.05) is 45.1 Å². The van der Waals surface area contributed by atoms with Gasteiger partial charge in [-0.3, -0.25) is 19.2 Å². The minimum Gasteiger partial charge on any atom is -0.459 e. The number of hydrogen-bond donors (Lipinski definition) is 2. The lowest BCUT2D eigenvalue weighted by Crippen LogP contribution is -2.45. The summed E-state index contributed by atoms with van der Waals surface area (Å²) in [6.07, 6.45) is 10.1. The van der Waals surface area contributed by atoms with Crippen LogP contribution in [0.5, 0.6) is 5.75 Å². The SMILES string of the molecule is COC1(C)CC(/C=C/C(C)=C/CC2OCC(NC(=O)/C=C\C(C)OC(C)=O)CC2C)O[C@H](CC(=O)NCCOCCOCCC(=O)Oc2c(F)c(F)c(C)c(F)c2F)C1. The minimum atomic E-state index is -1.80. The molecule has 2 amide bonds. The molecule has 2 aliphatic rings. The van der Waals surface area contributed by atoms with Crippen molar-refractivity contribution in [3.63, 3.8) is 0 Å². The highest BCUT2D eigenvalue weighted by molar-refractivity contribution is 5.87. The second-order valence-electron chi connectivity index (χ2n) is 15.1. The summed E-state index contributed by atoms with van der Waals surface area (Å²) in [5.41, 5.74) is -0.332. The molecule has 0 aromatic heterocycles. The van der Waals surface area contributed by atoms with Crippen molar-refractivity contribution in [1.29, 1.82) is 0 Å². The molecular formula is C42H58F4N2O11. The van der Waals surface area contributed by atoms with Crippen LogP contribution in [0.15, 0.2) is 36.0 Å². The summed E-state index contributed by atoms with van der Waals surface area (Å²) in [5.74, 6) is -10.2. The van der Waals surface area contributed by atoms with Crippen molar-refractivity contribution in [3.05, 3.63) is 64.8 Å². The molecule has 0 spiro atoms. The Balaban J connectivity index is 1.32. The number of carbonyl (C=O) groups excluding carboxylic acids is 4. The molecule has 13 nitrogen and oxygen atoms in total. The van der Waals surface area contributed by atoms with Gasteiger partial charge in [0.1, 0.15) is 6.10 Å². The first-order valence-electron chi connectivity index (χ1n) is 19.7. The van der Waals surface area contributed by atoms with Crippen molar-refractivity contribution in [2.75, 3.05) is 46.7 Å². The molecular weight excluding hydrogens is 784 g/mol. The van der Waals surface area contributed by atoms with Crippen molar-refractivity contribution in [2.45, 2.75) is 116 Å². The summed E-state index contributed by atoms with van der Waals surface area (Å²) in [6, 6.07) is -0.123. The van der Waals surface area contributed by atoms with Gasteiger partial charge in [-0.05, 0) is 52.5 Å². The van der Waals surface area contributed by atoms with Crippen LogP contribution in [-0.2, 0) is 47.6 Å². The van der Waals surface area contributed by atoms with E-state index in [1.165, 1.54) is 19.1 Å². The van der Waals surface area contributed by atoms with Gasteiger partial charge in [-0.1, -0.05) is 30.7 Å². The molecule has 2 fully saturated rings. The van der Waals surface area contributed by atoms with E-state index in [2.05, 4.69) is 28.4 Å². The maximum atomic E-state index is 13.9. The minimum absolute atomic E-state index is 0.00387. The second-order valence-corrected chi connectivity index (χ2v) is 15.1. The maximum Gasteiger partial charge on any atom is 0.313 e. The van der Waals surface area contributed by atoms with Gasteiger partial charge in [0.15, 0.2) is 11.6 Å². The van der Waals surface area contributed by atoms with E-state index in [0.717, 1.165) is 18.9 Å². The van der Waals surface area contributed by atoms with Crippen LogP contribution >= 0.6 is 0 Å². The van der Waals surface area contributed by atoms with Crippen LogP contribution in [0.3, 0.4) is 0 Å². The first-order valence-corrected chi connectivity index (χ1v) is 19.7. The molecule has 0 bridgehead atoms. The molecule has 0 aliphatic carbocycles. The van der Waals surface area contributed by atoms with Gasteiger partial charge in [0.05, 0.1) is 75.8 Å². The van der Waals surface area contributed by atoms with Crippen LogP contribution in [0.25, 0.3) is 0 Å². The van der Waals surface area contributed by atoms with E-state index in [-0.39, 0.29) is 81.5 Å². The van der Waals surface area contributed by atoms with E-state index >= 15 is 0 Å². The number of rotatable bonds is 21. The predicted molar refractivity (Wildman–Crippen MR) is 207 cm³/mol. The number of nitrogens with one attached hydrogen (secondary N) is 2. The average molecular weight is 843 g/mol. The molecule has 0 saturated carbocycles. The van der Waals surface area contributed by atoms with Crippen molar-refractivity contribution in [1.82, 2.24) is 10.6 Å². The van der Waals surface area contributed by atoms with Crippen molar-refractivity contribution in [3.8, 4) is 5.75 Å². The lowest BCUT2D eigenvalue weighted by Gasteiger charge is -2.40. The van der Waals surface area contributed by atoms with Crippen LogP contribution < -0.4 is 15.4 Å². The zero-order valence-corrected chi connectivity index (χ0v) is 34.8. The number of benzene rings is 1. The third kappa shape index (κ3) is 16.8. The molecule has 0 radical (unpaired) electrons. The van der Waals surface area contributed by atoms with E-state index in [9.17, 15) is 36.7 Å². The van der Waals surface area contributed by atoms with Gasteiger partial charge in [0.2, 0.25) is 29.2 Å². The standard InChI is InChI=1S/C42H58F4N2O11/c1-25(9-12-33-26(2)20-30(24-56-33)48-34(50)13-10-27(3)57-29(5)49)8-11-31-22-42(6,53-7)23-32(58-31)21-35(51)47-15-17-55-19-18-54-16-14-36(52)59-41-39(45)37(43)28(4)38(44)40(41)46/h8-11,13,26-27,30-33H,12,14-24H2,1-7H3,(H,47,51)(H,48,50)/b11-8+,13-10-,25-9+/t26?,27?,30?,31?,32-,33?,42?/m1/s1. The Bertz CT molecular complexity index is 1660. The Labute approximate surface area is 343 Å². The average Bonchev–Trinajstić information content (AvgIpc) is 3.18. The van der Waals surface area contributed by atoms with Crippen LogP contribution in [0, 0.1) is 36.1 Å². The number of esters is 2. The Kier molecular flexibility index (Phi) is 20.2. The molecule has 330 valence electrons. The van der Waals surface area contributed by atoms with Gasteiger partial charge in [-0.15, -0.1) is 0 Å². The fourth-order valence-corrected chi connectivity index (χ4v) is 6.61. The van der Waals surface area contributed by atoms with Crippen molar-refractivity contribution >= 4 is 23.8 Å². The summed E-state index contributed by atoms with van der Waals surface area (Å²) in [4.78, 5) is 48.0. The monoisotopic (exact) mass is 842 g/mol. The molecule has 17 heteroatoms.